The monoisotopic (exact) mass is 105 g/mol. The van der Waals surface area contributed by atoms with Crippen LogP contribution in [0.3, 0.4) is 0 Å². The Morgan fingerprint density at radius 3 is 2.57 bits per heavy atom. The summed E-state index contributed by atoms with van der Waals surface area (Å²) in [5, 5.41) is 0.312. The fraction of sp³-hybridized carbons (Fsp3) is 0.667. The van der Waals surface area contributed by atoms with Crippen LogP contribution in [-0.2, 0) is 0 Å². The number of hydrazine groups is 1. The van der Waals surface area contributed by atoms with E-state index in [1.165, 1.54) is 13.4 Å². The van der Waals surface area contributed by atoms with Gasteiger partial charge in [0.15, 0.2) is 0 Å². The second-order valence-corrected chi connectivity index (χ2v) is 0.994. The molecule has 0 saturated carbocycles. The van der Waals surface area contributed by atoms with E-state index in [2.05, 4.69) is 10.4 Å². The highest BCUT2D eigenvalue weighted by molar-refractivity contribution is 5.52. The quantitative estimate of drug-likeness (QED) is 0.231. The van der Waals surface area contributed by atoms with Crippen molar-refractivity contribution in [2.45, 2.75) is 0 Å². The van der Waals surface area contributed by atoms with Crippen LogP contribution < -0.4 is 5.43 Å². The fourth-order valence-corrected chi connectivity index (χ4v) is 0.137. The molecule has 1 N–H and O–H groups in total. The van der Waals surface area contributed by atoms with Gasteiger partial charge < -0.3 is 0 Å². The molecule has 0 aromatic heterocycles. The van der Waals surface area contributed by atoms with E-state index in [1.807, 2.05) is 0 Å². The van der Waals surface area contributed by atoms with Gasteiger partial charge in [0.1, 0.15) is 0 Å². The molecule has 42 valence electrons. The maximum absolute atomic E-state index is 11.5. The third-order valence-corrected chi connectivity index (χ3v) is 0.365. The lowest BCUT2D eigenvalue weighted by atomic mass is 11.2. The van der Waals surface area contributed by atoms with Crippen molar-refractivity contribution in [3.05, 3.63) is 0 Å². The van der Waals surface area contributed by atoms with Gasteiger partial charge in [-0.05, 0) is 0 Å². The Hall–Kier alpha value is -0.640. The largest absolute Gasteiger partial charge is 0.283 e. The van der Waals surface area contributed by atoms with Gasteiger partial charge in [-0.15, -0.1) is 4.48 Å². The Kier molecular flexibility index (Phi) is 3.22. The van der Waals surface area contributed by atoms with Crippen molar-refractivity contribution in [1.82, 2.24) is 10.7 Å². The Bertz CT molecular complexity index is 61.2. The lowest BCUT2D eigenvalue weighted by molar-refractivity contribution is 0.0293. The van der Waals surface area contributed by atoms with E-state index in [0.29, 0.717) is 5.23 Å². The second-order valence-electron chi connectivity index (χ2n) is 0.994. The molecule has 0 atom stereocenters. The minimum absolute atomic E-state index is 0.312. The number of hydrogen-bond acceptors (Lipinski definition) is 2. The van der Waals surface area contributed by atoms with Gasteiger partial charge in [0.05, 0.1) is 6.34 Å². The summed E-state index contributed by atoms with van der Waals surface area (Å²) in [6.07, 6.45) is 1.25. The molecule has 0 heterocycles. The van der Waals surface area contributed by atoms with Crippen molar-refractivity contribution >= 4 is 6.34 Å². The molecule has 7 heavy (non-hydrogen) atoms. The van der Waals surface area contributed by atoms with Crippen LogP contribution in [0.4, 0.5) is 4.48 Å². The van der Waals surface area contributed by atoms with Crippen molar-refractivity contribution in [3.8, 4) is 0 Å². The smallest absolute Gasteiger partial charge is 0.0984 e. The molecule has 4 heteroatoms. The highest BCUT2D eigenvalue weighted by Gasteiger charge is 1.79. The van der Waals surface area contributed by atoms with Crippen molar-refractivity contribution < 1.29 is 4.48 Å². The van der Waals surface area contributed by atoms with Crippen LogP contribution in [-0.4, -0.2) is 25.7 Å². The maximum Gasteiger partial charge on any atom is 0.0984 e. The van der Waals surface area contributed by atoms with E-state index in [0.717, 1.165) is 0 Å². The normalized spacial score (nSPS) is 10.9. The predicted octanol–water partition coefficient (Wildman–Crippen LogP) is -0.0346. The Balaban J connectivity index is 2.97. The molecule has 0 aliphatic carbocycles. The third kappa shape index (κ3) is 5.36. The summed E-state index contributed by atoms with van der Waals surface area (Å²) in [5.74, 6) is 0. The molecular weight excluding hydrogens is 97.1 g/mol. The minimum atomic E-state index is 0.312. The number of rotatable bonds is 2. The molecule has 0 fully saturated rings. The van der Waals surface area contributed by atoms with Gasteiger partial charge in [-0.1, -0.05) is 5.23 Å². The van der Waals surface area contributed by atoms with Gasteiger partial charge in [0.2, 0.25) is 0 Å². The Labute approximate surface area is 41.7 Å². The lowest BCUT2D eigenvalue weighted by Crippen LogP contribution is -2.24. The number of hydrogen-bond donors (Lipinski definition) is 1. The first-order valence-corrected chi connectivity index (χ1v) is 1.83. The molecule has 0 unspecified atom stereocenters. The van der Waals surface area contributed by atoms with Crippen LogP contribution in [0.2, 0.25) is 0 Å². The standard InChI is InChI=1S/C3H8FN3/c1-5-3-6-7(2)4/h3H,1-2H3,(H,5,6). The van der Waals surface area contributed by atoms with E-state index in [1.54, 1.807) is 7.05 Å². The molecule has 0 radical (unpaired) electrons. The molecule has 0 aliphatic heterocycles. The van der Waals surface area contributed by atoms with Crippen LogP contribution in [0.5, 0.6) is 0 Å². The zero-order valence-corrected chi connectivity index (χ0v) is 4.35. The van der Waals surface area contributed by atoms with E-state index in [9.17, 15) is 4.48 Å². The number of nitrogens with zero attached hydrogens (tertiary/aromatic N) is 2. The number of halogens is 1. The van der Waals surface area contributed by atoms with Crippen LogP contribution in [0.1, 0.15) is 0 Å². The van der Waals surface area contributed by atoms with E-state index in [-0.39, 0.29) is 0 Å². The molecule has 0 amide bonds. The second kappa shape index (κ2) is 3.55. The van der Waals surface area contributed by atoms with Crippen LogP contribution in [0.15, 0.2) is 4.99 Å². The van der Waals surface area contributed by atoms with Crippen molar-refractivity contribution in [2.75, 3.05) is 14.1 Å². The van der Waals surface area contributed by atoms with Gasteiger partial charge in [0.25, 0.3) is 0 Å². The third-order valence-electron chi connectivity index (χ3n) is 0.365. The molecular formula is C3H8FN3. The van der Waals surface area contributed by atoms with Gasteiger partial charge in [-0.25, -0.2) is 0 Å². The van der Waals surface area contributed by atoms with E-state index < -0.39 is 0 Å². The average molecular weight is 105 g/mol. The summed E-state index contributed by atoms with van der Waals surface area (Å²) >= 11 is 0. The average Bonchev–Trinajstić information content (AvgIpc) is 1.61. The molecule has 0 spiro atoms. The number of aliphatic imine (C=N–C) groups is 1. The molecule has 0 rings (SSSR count). The lowest BCUT2D eigenvalue weighted by Gasteiger charge is -1.99. The van der Waals surface area contributed by atoms with Crippen molar-refractivity contribution in [2.24, 2.45) is 4.99 Å². The van der Waals surface area contributed by atoms with E-state index in [4.69, 9.17) is 0 Å². The minimum Gasteiger partial charge on any atom is -0.283 e. The molecule has 0 aromatic rings. The summed E-state index contributed by atoms with van der Waals surface area (Å²) in [6.45, 7) is 0. The summed E-state index contributed by atoms with van der Waals surface area (Å²) in [4.78, 5) is 3.46. The zero-order chi connectivity index (χ0) is 5.70. The fourth-order valence-electron chi connectivity index (χ4n) is 0.137. The summed E-state index contributed by atoms with van der Waals surface area (Å²) in [7, 11) is 2.79. The molecule has 0 aromatic carbocycles. The molecule has 0 aliphatic rings. The zero-order valence-electron chi connectivity index (χ0n) is 4.35. The van der Waals surface area contributed by atoms with Crippen LogP contribution >= 0.6 is 0 Å². The Morgan fingerprint density at radius 2 is 2.43 bits per heavy atom. The van der Waals surface area contributed by atoms with Gasteiger partial charge in [-0.2, -0.15) is 0 Å². The van der Waals surface area contributed by atoms with Gasteiger partial charge >= 0.3 is 0 Å². The van der Waals surface area contributed by atoms with Crippen molar-refractivity contribution in [1.29, 1.82) is 0 Å². The first-order valence-electron chi connectivity index (χ1n) is 1.83. The van der Waals surface area contributed by atoms with Crippen molar-refractivity contribution in [3.63, 3.8) is 0 Å². The summed E-state index contributed by atoms with van der Waals surface area (Å²) in [5.41, 5.74) is 2.17. The predicted molar refractivity (Wildman–Crippen MR) is 26.4 cm³/mol. The van der Waals surface area contributed by atoms with Gasteiger partial charge in [-0.3, -0.25) is 10.4 Å². The number of nitrogens with one attached hydrogen (secondary N) is 1. The summed E-state index contributed by atoms with van der Waals surface area (Å²) < 4.78 is 11.5. The van der Waals surface area contributed by atoms with Gasteiger partial charge in [0, 0.05) is 14.1 Å². The first-order chi connectivity index (χ1) is 3.27. The maximum atomic E-state index is 11.5. The molecule has 0 saturated heterocycles. The van der Waals surface area contributed by atoms with Crippen LogP contribution in [0.25, 0.3) is 0 Å². The molecule has 3 nitrogen and oxygen atoms in total. The summed E-state index contributed by atoms with van der Waals surface area (Å²) in [6, 6.07) is 0. The Morgan fingerprint density at radius 1 is 1.86 bits per heavy atom. The first kappa shape index (κ1) is 6.36. The van der Waals surface area contributed by atoms with E-state index >= 15 is 0 Å². The highest BCUT2D eigenvalue weighted by atomic mass is 19.2. The highest BCUT2D eigenvalue weighted by Crippen LogP contribution is 1.65. The molecule has 0 bridgehead atoms. The topological polar surface area (TPSA) is 27.6 Å². The SMILES string of the molecule is CN=CNN(C)F. The van der Waals surface area contributed by atoms with Crippen LogP contribution in [0, 0.1) is 0 Å².